The summed E-state index contributed by atoms with van der Waals surface area (Å²) >= 11 is 0. The minimum atomic E-state index is -0.786. The van der Waals surface area contributed by atoms with Gasteiger partial charge in [0.2, 0.25) is 0 Å². The molecule has 3 heterocycles. The van der Waals surface area contributed by atoms with Crippen LogP contribution in [0, 0.1) is 0 Å². The number of Topliss-reactive ketones (excluding diaryl/α,β-unsaturated/α-hetero) is 1. The molecule has 0 spiro atoms. The summed E-state index contributed by atoms with van der Waals surface area (Å²) in [5.41, 5.74) is 3.42. The van der Waals surface area contributed by atoms with Gasteiger partial charge in [-0.15, -0.1) is 0 Å². The predicted molar refractivity (Wildman–Crippen MR) is 133 cm³/mol. The molecular weight excluding hydrogens is 424 g/mol. The van der Waals surface area contributed by atoms with Gasteiger partial charge in [0.15, 0.2) is 5.78 Å². The molecule has 1 N–H and O–H groups in total. The molecule has 4 aromatic rings. The first kappa shape index (κ1) is 22.0. The van der Waals surface area contributed by atoms with E-state index in [1.807, 2.05) is 78.9 Å². The maximum absolute atomic E-state index is 12.9. The molecule has 0 aliphatic carbocycles. The lowest BCUT2D eigenvalue weighted by Crippen LogP contribution is -2.42. The molecule has 1 fully saturated rings. The Morgan fingerprint density at radius 2 is 1.65 bits per heavy atom. The number of nitrogens with zero attached hydrogens (tertiary/aromatic N) is 4. The summed E-state index contributed by atoms with van der Waals surface area (Å²) in [6.07, 6.45) is 3.36. The van der Waals surface area contributed by atoms with Crippen molar-refractivity contribution in [2.75, 3.05) is 18.0 Å². The summed E-state index contributed by atoms with van der Waals surface area (Å²) in [6, 6.07) is 25.5. The van der Waals surface area contributed by atoms with E-state index < -0.39 is 5.60 Å². The average molecular weight is 453 g/mol. The average Bonchev–Trinajstić information content (AvgIpc) is 3.28. The third-order valence-corrected chi connectivity index (χ3v) is 6.63. The van der Waals surface area contributed by atoms with Crippen molar-refractivity contribution in [3.63, 3.8) is 0 Å². The Hall–Kier alpha value is -3.77. The third kappa shape index (κ3) is 4.50. The van der Waals surface area contributed by atoms with Gasteiger partial charge >= 0.3 is 0 Å². The highest BCUT2D eigenvalue weighted by Gasteiger charge is 2.34. The number of aryl methyl sites for hydroxylation is 1. The van der Waals surface area contributed by atoms with Crippen molar-refractivity contribution in [1.29, 1.82) is 0 Å². The summed E-state index contributed by atoms with van der Waals surface area (Å²) in [7, 11) is 1.80. The molecule has 34 heavy (non-hydrogen) atoms. The Morgan fingerprint density at radius 3 is 2.29 bits per heavy atom. The number of carbonyl (C=O) groups is 1. The zero-order valence-electron chi connectivity index (χ0n) is 19.3. The minimum Gasteiger partial charge on any atom is -0.385 e. The Labute approximate surface area is 199 Å². The van der Waals surface area contributed by atoms with Crippen LogP contribution in [0.2, 0.25) is 0 Å². The van der Waals surface area contributed by atoms with Crippen LogP contribution in [0.3, 0.4) is 0 Å². The maximum atomic E-state index is 12.9. The molecule has 0 unspecified atom stereocenters. The lowest BCUT2D eigenvalue weighted by atomic mass is 9.84. The van der Waals surface area contributed by atoms with Crippen LogP contribution in [-0.4, -0.2) is 38.7 Å². The number of rotatable bonds is 6. The smallest absolute Gasteiger partial charge is 0.185 e. The van der Waals surface area contributed by atoms with Gasteiger partial charge < -0.3 is 10.0 Å². The number of hydrogen-bond acceptors (Lipinski definition) is 5. The Morgan fingerprint density at radius 1 is 0.971 bits per heavy atom. The number of piperidine rings is 1. The molecule has 6 heteroatoms. The molecule has 6 nitrogen and oxygen atoms in total. The lowest BCUT2D eigenvalue weighted by Gasteiger charge is -2.39. The molecular formula is C28H28N4O2. The van der Waals surface area contributed by atoms with Gasteiger partial charge in [-0.05, 0) is 36.1 Å². The third-order valence-electron chi connectivity index (χ3n) is 6.63. The number of benzene rings is 2. The summed E-state index contributed by atoms with van der Waals surface area (Å²) < 4.78 is 1.65. The van der Waals surface area contributed by atoms with E-state index in [1.54, 1.807) is 17.9 Å². The summed E-state index contributed by atoms with van der Waals surface area (Å²) in [6.45, 7) is 1.46. The van der Waals surface area contributed by atoms with E-state index >= 15 is 0 Å². The van der Waals surface area contributed by atoms with Crippen LogP contribution in [0.1, 0.15) is 34.5 Å². The fourth-order valence-corrected chi connectivity index (χ4v) is 4.61. The van der Waals surface area contributed by atoms with Crippen LogP contribution in [0.15, 0.2) is 85.1 Å². The molecule has 0 radical (unpaired) electrons. The van der Waals surface area contributed by atoms with Crippen molar-refractivity contribution in [3.05, 3.63) is 102 Å². The van der Waals surface area contributed by atoms with E-state index in [2.05, 4.69) is 15.0 Å². The number of hydrogen-bond donors (Lipinski definition) is 1. The van der Waals surface area contributed by atoms with Crippen molar-refractivity contribution in [2.45, 2.75) is 24.9 Å². The first-order valence-corrected chi connectivity index (χ1v) is 11.6. The van der Waals surface area contributed by atoms with E-state index in [0.717, 1.165) is 41.3 Å². The van der Waals surface area contributed by atoms with Crippen molar-refractivity contribution < 1.29 is 9.90 Å². The molecule has 0 bridgehead atoms. The monoisotopic (exact) mass is 452 g/mol. The van der Waals surface area contributed by atoms with Crippen LogP contribution >= 0.6 is 0 Å². The fraction of sp³-hybridized carbons (Fsp3) is 0.250. The standard InChI is InChI=1S/C28H28N4O2/c1-31-25(19-24(30-31)22-8-4-2-5-9-22)26(33)18-21-12-13-27(29-20-21)32-16-14-28(34,15-17-32)23-10-6-3-7-11-23/h2-13,19-20,34H,14-18H2,1H3. The Balaban J connectivity index is 1.22. The number of aliphatic hydroxyl groups is 1. The van der Waals surface area contributed by atoms with E-state index in [1.165, 1.54) is 0 Å². The largest absolute Gasteiger partial charge is 0.385 e. The zero-order valence-corrected chi connectivity index (χ0v) is 19.3. The topological polar surface area (TPSA) is 71.2 Å². The van der Waals surface area contributed by atoms with E-state index in [9.17, 15) is 9.90 Å². The van der Waals surface area contributed by atoms with E-state index in [4.69, 9.17) is 0 Å². The molecule has 2 aromatic heterocycles. The maximum Gasteiger partial charge on any atom is 0.185 e. The normalized spacial score (nSPS) is 15.3. The van der Waals surface area contributed by atoms with Crippen LogP contribution in [0.5, 0.6) is 0 Å². The summed E-state index contributed by atoms with van der Waals surface area (Å²) in [5.74, 6) is 0.885. The van der Waals surface area contributed by atoms with Gasteiger partial charge in [0.1, 0.15) is 11.5 Å². The molecule has 0 amide bonds. The van der Waals surface area contributed by atoms with Crippen LogP contribution in [0.4, 0.5) is 5.82 Å². The van der Waals surface area contributed by atoms with Gasteiger partial charge in [0, 0.05) is 38.3 Å². The molecule has 1 aliphatic heterocycles. The van der Waals surface area contributed by atoms with Gasteiger partial charge in [0.25, 0.3) is 0 Å². The minimum absolute atomic E-state index is 0.0117. The lowest BCUT2D eigenvalue weighted by molar-refractivity contribution is 0.0116. The summed E-state index contributed by atoms with van der Waals surface area (Å²) in [5, 5.41) is 15.6. The second kappa shape index (κ2) is 9.23. The van der Waals surface area contributed by atoms with Crippen molar-refractivity contribution >= 4 is 11.6 Å². The quantitative estimate of drug-likeness (QED) is 0.439. The second-order valence-corrected chi connectivity index (χ2v) is 8.91. The van der Waals surface area contributed by atoms with Crippen LogP contribution in [-0.2, 0) is 19.1 Å². The Kier molecular flexibility index (Phi) is 5.99. The number of carbonyl (C=O) groups excluding carboxylic acids is 1. The van der Waals surface area contributed by atoms with Crippen molar-refractivity contribution in [3.8, 4) is 11.3 Å². The summed E-state index contributed by atoms with van der Waals surface area (Å²) in [4.78, 5) is 19.8. The van der Waals surface area contributed by atoms with Gasteiger partial charge in [-0.1, -0.05) is 66.7 Å². The molecule has 1 aliphatic rings. The van der Waals surface area contributed by atoms with Gasteiger partial charge in [-0.25, -0.2) is 4.98 Å². The van der Waals surface area contributed by atoms with Crippen LogP contribution in [0.25, 0.3) is 11.3 Å². The molecule has 0 atom stereocenters. The van der Waals surface area contributed by atoms with Gasteiger partial charge in [0.05, 0.1) is 11.3 Å². The fourth-order valence-electron chi connectivity index (χ4n) is 4.61. The number of pyridine rings is 1. The van der Waals surface area contributed by atoms with Gasteiger partial charge in [-0.3, -0.25) is 9.48 Å². The first-order chi connectivity index (χ1) is 16.5. The number of anilines is 1. The van der Waals surface area contributed by atoms with Crippen molar-refractivity contribution in [2.24, 2.45) is 7.05 Å². The number of ketones is 1. The van der Waals surface area contributed by atoms with E-state index in [-0.39, 0.29) is 12.2 Å². The predicted octanol–water partition coefficient (Wildman–Crippen LogP) is 4.40. The Bertz CT molecular complexity index is 1260. The molecule has 1 saturated heterocycles. The van der Waals surface area contributed by atoms with Crippen molar-refractivity contribution in [1.82, 2.24) is 14.8 Å². The molecule has 2 aromatic carbocycles. The SMILES string of the molecule is Cn1nc(-c2ccccc2)cc1C(=O)Cc1ccc(N2CCC(O)(c3ccccc3)CC2)nc1. The van der Waals surface area contributed by atoms with Crippen LogP contribution < -0.4 is 4.90 Å². The number of aromatic nitrogens is 3. The zero-order chi connectivity index (χ0) is 23.5. The first-order valence-electron chi connectivity index (χ1n) is 11.6. The highest BCUT2D eigenvalue weighted by molar-refractivity contribution is 5.97. The molecule has 172 valence electrons. The molecule has 0 saturated carbocycles. The second-order valence-electron chi connectivity index (χ2n) is 8.91. The van der Waals surface area contributed by atoms with Gasteiger partial charge in [-0.2, -0.15) is 5.10 Å². The highest BCUT2D eigenvalue weighted by atomic mass is 16.3. The van der Waals surface area contributed by atoms with E-state index in [0.29, 0.717) is 18.5 Å². The highest BCUT2D eigenvalue weighted by Crippen LogP contribution is 2.34. The molecule has 5 rings (SSSR count).